The van der Waals surface area contributed by atoms with Gasteiger partial charge in [0.25, 0.3) is 0 Å². The van der Waals surface area contributed by atoms with Crippen molar-refractivity contribution in [2.24, 2.45) is 0 Å². The first-order valence-corrected chi connectivity index (χ1v) is 18.7. The largest absolute Gasteiger partial charge is 0.488 e. The average molecular weight is 696 g/mol. The predicted octanol–water partition coefficient (Wildman–Crippen LogP) is 10.3. The third-order valence-corrected chi connectivity index (χ3v) is 10.2. The van der Waals surface area contributed by atoms with E-state index in [1.165, 1.54) is 4.90 Å². The summed E-state index contributed by atoms with van der Waals surface area (Å²) < 4.78 is 6.61. The number of nitrogens with zero attached hydrogens (tertiary/aromatic N) is 5. The Balaban J connectivity index is 1.26. The van der Waals surface area contributed by atoms with Crippen LogP contribution in [0.3, 0.4) is 0 Å². The molecule has 2 aromatic heterocycles. The van der Waals surface area contributed by atoms with E-state index in [2.05, 4.69) is 141 Å². The summed E-state index contributed by atoms with van der Waals surface area (Å²) in [5.74, 6) is 1.36. The van der Waals surface area contributed by atoms with Crippen LogP contribution in [0, 0.1) is 0 Å². The molecular formula is C45H37N5OS. The smallest absolute Gasteiger partial charge is 0.205 e. The number of thioether (sulfide) groups is 1. The minimum absolute atomic E-state index is 0.365. The lowest BCUT2D eigenvalue weighted by atomic mass is 9.77. The van der Waals surface area contributed by atoms with Gasteiger partial charge in [-0.15, -0.1) is 26.8 Å². The van der Waals surface area contributed by atoms with Crippen molar-refractivity contribution in [3.8, 4) is 28.3 Å². The normalized spacial score (nSPS) is 11.5. The van der Waals surface area contributed by atoms with Gasteiger partial charge in [0.05, 0.1) is 5.52 Å². The Hall–Kier alpha value is -6.05. The molecule has 2 heterocycles. The summed E-state index contributed by atoms with van der Waals surface area (Å²) >= 11 is 1.71. The molecule has 52 heavy (non-hydrogen) atoms. The molecule has 0 unspecified atom stereocenters. The highest BCUT2D eigenvalue weighted by molar-refractivity contribution is 7.98. The summed E-state index contributed by atoms with van der Waals surface area (Å²) in [6.45, 7) is 2.48. The Bertz CT molecular complexity index is 2340. The molecule has 0 spiro atoms. The van der Waals surface area contributed by atoms with Crippen LogP contribution in [0.1, 0.15) is 34.9 Å². The highest BCUT2D eigenvalue weighted by Crippen LogP contribution is 2.41. The van der Waals surface area contributed by atoms with Gasteiger partial charge in [-0.1, -0.05) is 140 Å². The lowest BCUT2D eigenvalue weighted by molar-refractivity contribution is 0.309. The van der Waals surface area contributed by atoms with Gasteiger partial charge in [-0.25, -0.2) is 0 Å². The van der Waals surface area contributed by atoms with Gasteiger partial charge in [0, 0.05) is 27.6 Å². The molecule has 0 aliphatic rings. The van der Waals surface area contributed by atoms with Crippen molar-refractivity contribution in [1.29, 1.82) is 0 Å². The number of ether oxygens (including phenoxy) is 1. The fraction of sp³-hybridized carbons (Fsp3) is 0.111. The van der Waals surface area contributed by atoms with Crippen LogP contribution in [0.25, 0.3) is 33.4 Å². The van der Waals surface area contributed by atoms with Crippen molar-refractivity contribution >= 4 is 22.7 Å². The first kappa shape index (κ1) is 33.1. The highest BCUT2D eigenvalue weighted by atomic mass is 32.2. The number of tetrazole rings is 1. The fourth-order valence-corrected chi connectivity index (χ4v) is 7.34. The van der Waals surface area contributed by atoms with Gasteiger partial charge in [0.1, 0.15) is 12.4 Å². The average Bonchev–Trinajstić information content (AvgIpc) is 3.72. The Labute approximate surface area is 308 Å². The van der Waals surface area contributed by atoms with Crippen LogP contribution < -0.4 is 4.74 Å². The van der Waals surface area contributed by atoms with Crippen LogP contribution in [-0.2, 0) is 18.6 Å². The lowest BCUT2D eigenvalue weighted by Gasteiger charge is -2.34. The minimum atomic E-state index is -0.877. The lowest BCUT2D eigenvalue weighted by Crippen LogP contribution is -2.39. The molecule has 0 fully saturated rings. The van der Waals surface area contributed by atoms with Gasteiger partial charge in [0.2, 0.25) is 5.82 Å². The fourth-order valence-electron chi connectivity index (χ4n) is 6.90. The molecule has 0 radical (unpaired) electrons. The summed E-state index contributed by atoms with van der Waals surface area (Å²) in [4.78, 5) is 7.80. The van der Waals surface area contributed by atoms with E-state index in [9.17, 15) is 0 Å². The molecule has 0 saturated heterocycles. The summed E-state index contributed by atoms with van der Waals surface area (Å²) in [7, 11) is 0. The third kappa shape index (κ3) is 6.24. The molecule has 0 atom stereocenters. The molecule has 0 aliphatic carbocycles. The van der Waals surface area contributed by atoms with Gasteiger partial charge in [0.15, 0.2) is 5.54 Å². The summed E-state index contributed by atoms with van der Waals surface area (Å²) in [5, 5.41) is 15.9. The first-order chi connectivity index (χ1) is 25.7. The number of fused-ring (bicyclic) bond motifs is 1. The van der Waals surface area contributed by atoms with E-state index in [-0.39, 0.29) is 0 Å². The van der Waals surface area contributed by atoms with Crippen LogP contribution in [0.5, 0.6) is 5.75 Å². The number of pyridine rings is 1. The van der Waals surface area contributed by atoms with Crippen LogP contribution in [0.2, 0.25) is 0 Å². The Morgan fingerprint density at radius 3 is 1.87 bits per heavy atom. The number of hydrogen-bond donors (Lipinski definition) is 0. The summed E-state index contributed by atoms with van der Waals surface area (Å²) in [5.41, 5.74) is 8.10. The van der Waals surface area contributed by atoms with Gasteiger partial charge >= 0.3 is 0 Å². The van der Waals surface area contributed by atoms with E-state index >= 15 is 0 Å². The topological polar surface area (TPSA) is 65.7 Å². The van der Waals surface area contributed by atoms with E-state index < -0.39 is 5.54 Å². The van der Waals surface area contributed by atoms with Crippen LogP contribution >= 0.6 is 11.8 Å². The van der Waals surface area contributed by atoms with E-state index in [4.69, 9.17) is 25.1 Å². The van der Waals surface area contributed by atoms with Gasteiger partial charge < -0.3 is 4.74 Å². The molecule has 6 aromatic carbocycles. The summed E-state index contributed by atoms with van der Waals surface area (Å²) in [6.07, 6.45) is 2.91. The Kier molecular flexibility index (Phi) is 9.34. The molecule has 6 nitrogen and oxygen atoms in total. The third-order valence-electron chi connectivity index (χ3n) is 9.49. The molecule has 0 saturated carbocycles. The van der Waals surface area contributed by atoms with Crippen molar-refractivity contribution in [2.45, 2.75) is 30.4 Å². The molecule has 8 aromatic rings. The SMILES string of the molecule is CCc1cc(OCc2ccc(-c3ccccc3)c(-c3nnn(C(c4ccccc4)(c4ccccc4)c4ccccc4)n3)c2)c2cc(SC)ccc2n1. The maximum Gasteiger partial charge on any atom is 0.205 e. The number of benzene rings is 6. The van der Waals surface area contributed by atoms with Crippen molar-refractivity contribution in [3.63, 3.8) is 0 Å². The molecule has 0 bridgehead atoms. The zero-order valence-electron chi connectivity index (χ0n) is 29.1. The second kappa shape index (κ2) is 14.7. The molecule has 0 amide bonds. The van der Waals surface area contributed by atoms with Crippen molar-refractivity contribution in [3.05, 3.63) is 192 Å². The zero-order chi connectivity index (χ0) is 35.3. The number of aromatic nitrogens is 5. The Morgan fingerprint density at radius 1 is 0.654 bits per heavy atom. The molecule has 0 N–H and O–H groups in total. The molecule has 0 aliphatic heterocycles. The number of hydrogen-bond acceptors (Lipinski definition) is 6. The summed E-state index contributed by atoms with van der Waals surface area (Å²) in [6, 6.07) is 56.4. The minimum Gasteiger partial charge on any atom is -0.488 e. The quantitative estimate of drug-likeness (QED) is 0.0991. The Morgan fingerprint density at radius 2 is 1.27 bits per heavy atom. The first-order valence-electron chi connectivity index (χ1n) is 17.4. The second-order valence-corrected chi connectivity index (χ2v) is 13.5. The van der Waals surface area contributed by atoms with Gasteiger partial charge in [-0.05, 0) is 75.5 Å². The van der Waals surface area contributed by atoms with E-state index in [1.54, 1.807) is 16.6 Å². The van der Waals surface area contributed by atoms with Gasteiger partial charge in [-0.3, -0.25) is 4.98 Å². The zero-order valence-corrected chi connectivity index (χ0v) is 29.9. The second-order valence-electron chi connectivity index (χ2n) is 12.6. The van der Waals surface area contributed by atoms with Crippen LogP contribution in [0.4, 0.5) is 0 Å². The van der Waals surface area contributed by atoms with Crippen LogP contribution in [-0.4, -0.2) is 31.4 Å². The van der Waals surface area contributed by atoms with E-state index in [0.717, 1.165) is 67.7 Å². The molecular weight excluding hydrogens is 659 g/mol. The molecule has 8 rings (SSSR count). The molecule has 254 valence electrons. The van der Waals surface area contributed by atoms with Crippen molar-refractivity contribution in [2.75, 3.05) is 6.26 Å². The standard InChI is InChI=1S/C45H37N5OS/c1-3-37-29-43(41-30-38(52-2)25-27-42(41)46-37)51-31-32-24-26-39(33-16-8-4-9-17-33)40(28-32)44-47-49-50(48-44)45(34-18-10-5-11-19-34,35-20-12-6-13-21-35)36-22-14-7-15-23-36/h4-30H,3,31H2,1-2H3. The van der Waals surface area contributed by atoms with Crippen LogP contribution in [0.15, 0.2) is 169 Å². The number of rotatable bonds is 11. The monoisotopic (exact) mass is 695 g/mol. The van der Waals surface area contributed by atoms with E-state index in [1.807, 2.05) is 36.4 Å². The number of aryl methyl sites for hydroxylation is 1. The van der Waals surface area contributed by atoms with Crippen molar-refractivity contribution in [1.82, 2.24) is 25.2 Å². The van der Waals surface area contributed by atoms with Crippen molar-refractivity contribution < 1.29 is 4.74 Å². The highest BCUT2D eigenvalue weighted by Gasteiger charge is 2.41. The maximum absolute atomic E-state index is 6.61. The van der Waals surface area contributed by atoms with Gasteiger partial charge in [-0.2, -0.15) is 0 Å². The van der Waals surface area contributed by atoms with E-state index in [0.29, 0.717) is 12.4 Å². The maximum atomic E-state index is 6.61. The molecule has 7 heteroatoms. The predicted molar refractivity (Wildman–Crippen MR) is 211 cm³/mol.